The van der Waals surface area contributed by atoms with E-state index in [1.807, 2.05) is 25.1 Å². The molecule has 0 saturated heterocycles. The lowest BCUT2D eigenvalue weighted by atomic mass is 10.1. The molecule has 2 aromatic rings. The van der Waals surface area contributed by atoms with Crippen LogP contribution in [0.4, 0.5) is 5.69 Å². The second-order valence-corrected chi connectivity index (χ2v) is 6.33. The Labute approximate surface area is 156 Å². The number of carbonyl (C=O) groups is 2. The summed E-state index contributed by atoms with van der Waals surface area (Å²) in [6.07, 6.45) is 0. The topological polar surface area (TPSA) is 84.9 Å². The molecule has 2 N–H and O–H groups in total. The number of carboxylic acids is 1. The molecule has 7 heteroatoms. The fourth-order valence-electron chi connectivity index (χ4n) is 2.28. The van der Waals surface area contributed by atoms with Crippen molar-refractivity contribution in [2.24, 2.45) is 0 Å². The van der Waals surface area contributed by atoms with Crippen molar-refractivity contribution in [1.29, 1.82) is 0 Å². The van der Waals surface area contributed by atoms with Crippen molar-refractivity contribution in [1.82, 2.24) is 0 Å². The number of aliphatic carboxylic acids is 1. The minimum Gasteiger partial charge on any atom is -0.493 e. The minimum absolute atomic E-state index is 0.0442. The first-order valence-electron chi connectivity index (χ1n) is 8.04. The van der Waals surface area contributed by atoms with Gasteiger partial charge < -0.3 is 19.9 Å². The predicted octanol–water partition coefficient (Wildman–Crippen LogP) is 3.66. The summed E-state index contributed by atoms with van der Waals surface area (Å²) in [5.41, 5.74) is 2.05. The third kappa shape index (κ3) is 5.70. The summed E-state index contributed by atoms with van der Waals surface area (Å²) in [4.78, 5) is 23.1. The number of anilines is 1. The summed E-state index contributed by atoms with van der Waals surface area (Å²) >= 11 is 1.31. The fourth-order valence-corrected chi connectivity index (χ4v) is 2.97. The van der Waals surface area contributed by atoms with Gasteiger partial charge in [-0.15, -0.1) is 11.8 Å². The Bertz CT molecular complexity index is 778. The number of thioether (sulfide) groups is 1. The van der Waals surface area contributed by atoms with E-state index in [0.29, 0.717) is 35.1 Å². The first-order valence-corrected chi connectivity index (χ1v) is 9.19. The van der Waals surface area contributed by atoms with Gasteiger partial charge in [0, 0.05) is 17.0 Å². The molecule has 0 heterocycles. The van der Waals surface area contributed by atoms with Gasteiger partial charge in [-0.3, -0.25) is 9.59 Å². The second kappa shape index (κ2) is 9.72. The van der Waals surface area contributed by atoms with Crippen LogP contribution >= 0.6 is 11.8 Å². The van der Waals surface area contributed by atoms with Crippen LogP contribution in [-0.4, -0.2) is 36.5 Å². The van der Waals surface area contributed by atoms with Crippen LogP contribution in [-0.2, 0) is 10.5 Å². The summed E-state index contributed by atoms with van der Waals surface area (Å²) in [7, 11) is 1.53. The van der Waals surface area contributed by atoms with Gasteiger partial charge in [0.15, 0.2) is 11.5 Å². The van der Waals surface area contributed by atoms with Crippen LogP contribution in [0.3, 0.4) is 0 Å². The number of hydrogen-bond acceptors (Lipinski definition) is 5. The molecule has 1 amide bonds. The molecule has 0 aliphatic rings. The zero-order chi connectivity index (χ0) is 18.9. The van der Waals surface area contributed by atoms with E-state index in [-0.39, 0.29) is 11.7 Å². The van der Waals surface area contributed by atoms with Crippen LogP contribution in [0.25, 0.3) is 0 Å². The molecule has 26 heavy (non-hydrogen) atoms. The van der Waals surface area contributed by atoms with Gasteiger partial charge in [-0.25, -0.2) is 0 Å². The maximum atomic E-state index is 12.5. The van der Waals surface area contributed by atoms with Gasteiger partial charge in [0.1, 0.15) is 0 Å². The van der Waals surface area contributed by atoms with Crippen molar-refractivity contribution in [2.45, 2.75) is 12.7 Å². The highest BCUT2D eigenvalue weighted by atomic mass is 32.2. The Morgan fingerprint density at radius 1 is 1.15 bits per heavy atom. The average molecular weight is 375 g/mol. The van der Waals surface area contributed by atoms with Crippen molar-refractivity contribution in [3.8, 4) is 11.5 Å². The number of ether oxygens (including phenoxy) is 2. The van der Waals surface area contributed by atoms with Crippen molar-refractivity contribution in [3.63, 3.8) is 0 Å². The van der Waals surface area contributed by atoms with Gasteiger partial charge in [0.25, 0.3) is 5.91 Å². The summed E-state index contributed by atoms with van der Waals surface area (Å²) in [6.45, 7) is 2.39. The molecule has 0 spiro atoms. The van der Waals surface area contributed by atoms with Gasteiger partial charge in [-0.2, -0.15) is 0 Å². The molecule has 0 aliphatic carbocycles. The van der Waals surface area contributed by atoms with Crippen molar-refractivity contribution in [2.75, 3.05) is 24.8 Å². The number of hydrogen-bond donors (Lipinski definition) is 2. The third-order valence-electron chi connectivity index (χ3n) is 3.40. The average Bonchev–Trinajstić information content (AvgIpc) is 2.62. The molecule has 0 atom stereocenters. The molecule has 0 saturated carbocycles. The lowest BCUT2D eigenvalue weighted by Crippen LogP contribution is -2.12. The van der Waals surface area contributed by atoms with Crippen molar-refractivity contribution in [3.05, 3.63) is 53.6 Å². The summed E-state index contributed by atoms with van der Waals surface area (Å²) < 4.78 is 10.7. The van der Waals surface area contributed by atoms with Crippen LogP contribution in [0.5, 0.6) is 11.5 Å². The van der Waals surface area contributed by atoms with Crippen molar-refractivity contribution >= 4 is 29.3 Å². The van der Waals surface area contributed by atoms with E-state index in [1.165, 1.54) is 18.9 Å². The molecule has 6 nitrogen and oxygen atoms in total. The number of benzene rings is 2. The van der Waals surface area contributed by atoms with Crippen LogP contribution in [0, 0.1) is 0 Å². The van der Waals surface area contributed by atoms with Crippen LogP contribution in [0.2, 0.25) is 0 Å². The normalized spacial score (nSPS) is 10.2. The molecular weight excluding hydrogens is 354 g/mol. The Morgan fingerprint density at radius 3 is 2.65 bits per heavy atom. The SMILES string of the molecule is CCOc1ccc(C(=O)Nc2cccc(CSCC(=O)O)c2)cc1OC. The minimum atomic E-state index is -0.844. The highest BCUT2D eigenvalue weighted by molar-refractivity contribution is 7.99. The van der Waals surface area contributed by atoms with Crippen LogP contribution in [0.1, 0.15) is 22.8 Å². The molecule has 138 valence electrons. The number of carboxylic acid groups (broad SMARTS) is 1. The standard InChI is InChI=1S/C19H21NO5S/c1-3-25-16-8-7-14(10-17(16)24-2)19(23)20-15-6-4-5-13(9-15)11-26-12-18(21)22/h4-10H,3,11-12H2,1-2H3,(H,20,23)(H,21,22). The number of carbonyl (C=O) groups excluding carboxylic acids is 1. The van der Waals surface area contributed by atoms with E-state index < -0.39 is 5.97 Å². The van der Waals surface area contributed by atoms with Gasteiger partial charge in [0.05, 0.1) is 19.5 Å². The number of methoxy groups -OCH3 is 1. The Morgan fingerprint density at radius 2 is 1.96 bits per heavy atom. The number of amides is 1. The van der Waals surface area contributed by atoms with Crippen LogP contribution < -0.4 is 14.8 Å². The lowest BCUT2D eigenvalue weighted by Gasteiger charge is -2.11. The maximum absolute atomic E-state index is 12.5. The Balaban J connectivity index is 2.06. The molecule has 0 aliphatic heterocycles. The van der Waals surface area contributed by atoms with Crippen molar-refractivity contribution < 1.29 is 24.2 Å². The van der Waals surface area contributed by atoms with Gasteiger partial charge in [-0.1, -0.05) is 12.1 Å². The van der Waals surface area contributed by atoms with E-state index in [9.17, 15) is 9.59 Å². The molecule has 0 aromatic heterocycles. The highest BCUT2D eigenvalue weighted by Crippen LogP contribution is 2.28. The van der Waals surface area contributed by atoms with E-state index in [2.05, 4.69) is 5.32 Å². The molecule has 2 rings (SSSR count). The fraction of sp³-hybridized carbons (Fsp3) is 0.263. The van der Waals surface area contributed by atoms with E-state index in [0.717, 1.165) is 5.56 Å². The number of rotatable bonds is 9. The van der Waals surface area contributed by atoms with Crippen LogP contribution in [0.15, 0.2) is 42.5 Å². The number of nitrogens with one attached hydrogen (secondary N) is 1. The Hall–Kier alpha value is -2.67. The van der Waals surface area contributed by atoms with E-state index in [4.69, 9.17) is 14.6 Å². The first kappa shape index (κ1) is 19.7. The molecule has 2 aromatic carbocycles. The smallest absolute Gasteiger partial charge is 0.313 e. The lowest BCUT2D eigenvalue weighted by molar-refractivity contribution is -0.133. The maximum Gasteiger partial charge on any atom is 0.313 e. The Kier molecular flexibility index (Phi) is 7.35. The molecule has 0 unspecified atom stereocenters. The first-order chi connectivity index (χ1) is 12.5. The third-order valence-corrected chi connectivity index (χ3v) is 4.39. The molecule has 0 fully saturated rings. The predicted molar refractivity (Wildman–Crippen MR) is 102 cm³/mol. The zero-order valence-electron chi connectivity index (χ0n) is 14.7. The van der Waals surface area contributed by atoms with Gasteiger partial charge in [-0.05, 0) is 42.8 Å². The summed E-state index contributed by atoms with van der Waals surface area (Å²) in [5.74, 6) is 0.586. The summed E-state index contributed by atoms with van der Waals surface area (Å²) in [6, 6.07) is 12.3. The molecule has 0 bridgehead atoms. The second-order valence-electron chi connectivity index (χ2n) is 5.34. The molecule has 0 radical (unpaired) electrons. The quantitative estimate of drug-likeness (QED) is 0.696. The van der Waals surface area contributed by atoms with Gasteiger partial charge >= 0.3 is 5.97 Å². The van der Waals surface area contributed by atoms with E-state index in [1.54, 1.807) is 24.3 Å². The monoisotopic (exact) mass is 375 g/mol. The highest BCUT2D eigenvalue weighted by Gasteiger charge is 2.11. The van der Waals surface area contributed by atoms with E-state index >= 15 is 0 Å². The van der Waals surface area contributed by atoms with Gasteiger partial charge in [0.2, 0.25) is 0 Å². The molecular formula is C19H21NO5S. The largest absolute Gasteiger partial charge is 0.493 e. The summed E-state index contributed by atoms with van der Waals surface area (Å²) in [5, 5.41) is 11.5. The zero-order valence-corrected chi connectivity index (χ0v) is 15.5.